The summed E-state index contributed by atoms with van der Waals surface area (Å²) in [7, 11) is 0. The summed E-state index contributed by atoms with van der Waals surface area (Å²) in [6.07, 6.45) is 1.70. The van der Waals surface area contributed by atoms with Crippen LogP contribution in [0.1, 0.15) is 11.1 Å². The fourth-order valence-corrected chi connectivity index (χ4v) is 3.79. The van der Waals surface area contributed by atoms with Crippen molar-refractivity contribution in [3.05, 3.63) is 53.7 Å². The molecule has 6 heteroatoms. The highest BCUT2D eigenvalue weighted by Crippen LogP contribution is 2.23. The Morgan fingerprint density at radius 3 is 2.68 bits per heavy atom. The van der Waals surface area contributed by atoms with Crippen LogP contribution in [0, 0.1) is 18.3 Å². The molecule has 128 valence electrons. The first-order valence-corrected chi connectivity index (χ1v) is 9.24. The Bertz CT molecular complexity index is 794. The molecule has 1 amide bonds. The Morgan fingerprint density at radius 1 is 1.20 bits per heavy atom. The molecule has 5 nitrogen and oxygen atoms in total. The molecule has 3 rings (SSSR count). The molecule has 1 aromatic heterocycles. The largest absolute Gasteiger partial charge is 0.352 e. The molecule has 0 saturated carbocycles. The Hall–Kier alpha value is -2.52. The second-order valence-electron chi connectivity index (χ2n) is 5.91. The quantitative estimate of drug-likeness (QED) is 0.792. The Kier molecular flexibility index (Phi) is 5.56. The third kappa shape index (κ3) is 4.12. The molecule has 0 bridgehead atoms. The minimum atomic E-state index is 0.162. The number of nitriles is 1. The van der Waals surface area contributed by atoms with Crippen molar-refractivity contribution in [1.82, 2.24) is 9.88 Å². The van der Waals surface area contributed by atoms with E-state index < -0.39 is 0 Å². The molecule has 0 atom stereocenters. The van der Waals surface area contributed by atoms with Gasteiger partial charge in [0.25, 0.3) is 0 Å². The van der Waals surface area contributed by atoms with Crippen LogP contribution in [0.4, 0.5) is 5.82 Å². The Morgan fingerprint density at radius 2 is 1.96 bits per heavy atom. The Balaban J connectivity index is 1.54. The fraction of sp³-hybridized carbons (Fsp3) is 0.316. The zero-order valence-electron chi connectivity index (χ0n) is 14.2. The molecule has 1 aliphatic heterocycles. The summed E-state index contributed by atoms with van der Waals surface area (Å²) in [5.41, 5.74) is 1.78. The van der Waals surface area contributed by atoms with Crippen molar-refractivity contribution >= 4 is 23.5 Å². The van der Waals surface area contributed by atoms with Gasteiger partial charge in [0.1, 0.15) is 11.9 Å². The van der Waals surface area contributed by atoms with E-state index in [-0.39, 0.29) is 5.91 Å². The number of hydrogen-bond donors (Lipinski definition) is 0. The predicted molar refractivity (Wildman–Crippen MR) is 99.6 cm³/mol. The van der Waals surface area contributed by atoms with Crippen molar-refractivity contribution < 1.29 is 4.79 Å². The van der Waals surface area contributed by atoms with Crippen LogP contribution in [-0.4, -0.2) is 47.7 Å². The molecule has 0 unspecified atom stereocenters. The predicted octanol–water partition coefficient (Wildman–Crippen LogP) is 2.70. The number of anilines is 1. The number of aryl methyl sites for hydroxylation is 1. The summed E-state index contributed by atoms with van der Waals surface area (Å²) in [4.78, 5) is 21.9. The van der Waals surface area contributed by atoms with Gasteiger partial charge in [-0.1, -0.05) is 18.2 Å². The number of thioether (sulfide) groups is 1. The van der Waals surface area contributed by atoms with Gasteiger partial charge in [-0.05, 0) is 30.7 Å². The van der Waals surface area contributed by atoms with Crippen molar-refractivity contribution in [3.8, 4) is 6.07 Å². The maximum atomic E-state index is 12.5. The third-order valence-electron chi connectivity index (χ3n) is 4.28. The maximum Gasteiger partial charge on any atom is 0.233 e. The van der Waals surface area contributed by atoms with Gasteiger partial charge in [0.2, 0.25) is 5.91 Å². The van der Waals surface area contributed by atoms with Crippen LogP contribution >= 0.6 is 11.8 Å². The van der Waals surface area contributed by atoms with E-state index in [1.54, 1.807) is 30.1 Å². The van der Waals surface area contributed by atoms with Gasteiger partial charge in [0, 0.05) is 37.3 Å². The summed E-state index contributed by atoms with van der Waals surface area (Å²) in [5.74, 6) is 1.33. The monoisotopic (exact) mass is 352 g/mol. The van der Waals surface area contributed by atoms with Gasteiger partial charge >= 0.3 is 0 Å². The van der Waals surface area contributed by atoms with Crippen LogP contribution in [0.3, 0.4) is 0 Å². The lowest BCUT2D eigenvalue weighted by Gasteiger charge is -2.35. The molecule has 0 radical (unpaired) electrons. The van der Waals surface area contributed by atoms with Crippen LogP contribution in [0.5, 0.6) is 0 Å². The van der Waals surface area contributed by atoms with E-state index in [0.717, 1.165) is 4.90 Å². The Labute approximate surface area is 152 Å². The molecule has 2 heterocycles. The van der Waals surface area contributed by atoms with Crippen LogP contribution < -0.4 is 4.90 Å². The fourth-order valence-electron chi connectivity index (χ4n) is 2.85. The van der Waals surface area contributed by atoms with E-state index in [2.05, 4.69) is 35.0 Å². The lowest BCUT2D eigenvalue weighted by Crippen LogP contribution is -2.49. The van der Waals surface area contributed by atoms with Crippen LogP contribution in [-0.2, 0) is 4.79 Å². The number of rotatable bonds is 4. The van der Waals surface area contributed by atoms with Gasteiger partial charge in [-0.25, -0.2) is 4.98 Å². The van der Waals surface area contributed by atoms with Crippen molar-refractivity contribution in [2.75, 3.05) is 36.8 Å². The normalized spacial score (nSPS) is 14.2. The van der Waals surface area contributed by atoms with Gasteiger partial charge in [-0.2, -0.15) is 5.26 Å². The number of pyridine rings is 1. The molecule has 1 aliphatic rings. The first-order chi connectivity index (χ1) is 12.2. The molecular weight excluding hydrogens is 332 g/mol. The molecule has 2 aromatic rings. The van der Waals surface area contributed by atoms with E-state index in [1.807, 2.05) is 17.0 Å². The minimum absolute atomic E-state index is 0.162. The number of nitrogens with zero attached hydrogens (tertiary/aromatic N) is 4. The maximum absolute atomic E-state index is 12.5. The molecular formula is C19H20N4OS. The molecule has 25 heavy (non-hydrogen) atoms. The SMILES string of the molecule is Cc1ccccc1SCC(=O)N1CCN(c2ncccc2C#N)CC1. The zero-order chi connectivity index (χ0) is 17.6. The van der Waals surface area contributed by atoms with Crippen LogP contribution in [0.25, 0.3) is 0 Å². The van der Waals surface area contributed by atoms with Crippen molar-refractivity contribution in [1.29, 1.82) is 5.26 Å². The zero-order valence-corrected chi connectivity index (χ0v) is 15.0. The number of carbonyl (C=O) groups is 1. The van der Waals surface area contributed by atoms with Gasteiger partial charge < -0.3 is 9.80 Å². The van der Waals surface area contributed by atoms with Crippen LogP contribution in [0.2, 0.25) is 0 Å². The van der Waals surface area contributed by atoms with E-state index in [9.17, 15) is 10.1 Å². The summed E-state index contributed by atoms with van der Waals surface area (Å²) in [6.45, 7) is 4.79. The summed E-state index contributed by atoms with van der Waals surface area (Å²) >= 11 is 1.59. The van der Waals surface area contributed by atoms with E-state index in [1.165, 1.54) is 5.56 Å². The van der Waals surface area contributed by atoms with E-state index in [0.29, 0.717) is 43.3 Å². The van der Waals surface area contributed by atoms with E-state index >= 15 is 0 Å². The van der Waals surface area contributed by atoms with Gasteiger partial charge in [0.05, 0.1) is 11.3 Å². The highest BCUT2D eigenvalue weighted by atomic mass is 32.2. The smallest absolute Gasteiger partial charge is 0.233 e. The third-order valence-corrected chi connectivity index (χ3v) is 5.44. The molecule has 0 N–H and O–H groups in total. The number of benzene rings is 1. The topological polar surface area (TPSA) is 60.2 Å². The van der Waals surface area contributed by atoms with E-state index in [4.69, 9.17) is 0 Å². The van der Waals surface area contributed by atoms with Gasteiger partial charge in [0.15, 0.2) is 0 Å². The average Bonchev–Trinajstić information content (AvgIpc) is 2.67. The van der Waals surface area contributed by atoms with Crippen LogP contribution in [0.15, 0.2) is 47.5 Å². The summed E-state index contributed by atoms with van der Waals surface area (Å²) < 4.78 is 0. The van der Waals surface area contributed by atoms with Gasteiger partial charge in [-0.15, -0.1) is 11.8 Å². The first-order valence-electron chi connectivity index (χ1n) is 8.25. The standard InChI is InChI=1S/C19H20N4OS/c1-15-5-2-3-7-17(15)25-14-18(24)22-9-11-23(12-10-22)19-16(13-20)6-4-8-21-19/h2-8H,9-12,14H2,1H3. The number of piperazine rings is 1. The molecule has 0 aliphatic carbocycles. The van der Waals surface area contributed by atoms with Crippen molar-refractivity contribution in [3.63, 3.8) is 0 Å². The molecule has 1 aromatic carbocycles. The number of amides is 1. The highest BCUT2D eigenvalue weighted by molar-refractivity contribution is 8.00. The van der Waals surface area contributed by atoms with Crippen molar-refractivity contribution in [2.24, 2.45) is 0 Å². The minimum Gasteiger partial charge on any atom is -0.352 e. The number of hydrogen-bond acceptors (Lipinski definition) is 5. The second-order valence-corrected chi connectivity index (χ2v) is 6.93. The summed E-state index contributed by atoms with van der Waals surface area (Å²) in [5, 5.41) is 9.21. The number of aromatic nitrogens is 1. The number of carbonyl (C=O) groups excluding carboxylic acids is 1. The molecule has 1 saturated heterocycles. The first kappa shape index (κ1) is 17.3. The lowest BCUT2D eigenvalue weighted by atomic mass is 10.2. The second kappa shape index (κ2) is 8.04. The summed E-state index contributed by atoms with van der Waals surface area (Å²) in [6, 6.07) is 13.8. The highest BCUT2D eigenvalue weighted by Gasteiger charge is 2.23. The average molecular weight is 352 g/mol. The van der Waals surface area contributed by atoms with Gasteiger partial charge in [-0.3, -0.25) is 4.79 Å². The molecule has 0 spiro atoms. The molecule has 1 fully saturated rings. The lowest BCUT2D eigenvalue weighted by molar-refractivity contribution is -0.128. The van der Waals surface area contributed by atoms with Crippen molar-refractivity contribution in [2.45, 2.75) is 11.8 Å².